The number of halogens is 1. The monoisotopic (exact) mass is 249 g/mol. The lowest BCUT2D eigenvalue weighted by Crippen LogP contribution is -2.31. The van der Waals surface area contributed by atoms with Crippen LogP contribution >= 0.6 is 0 Å². The molecule has 4 heteroatoms. The number of carbonyl (C=O) groups is 1. The van der Waals surface area contributed by atoms with Crippen LogP contribution in [0.4, 0.5) is 4.39 Å². The SMILES string of the molecule is O=C([O-])/C(=C/c1ccc(F)cc1)C1CCOCC1. The number of rotatable bonds is 3. The van der Waals surface area contributed by atoms with E-state index in [-0.39, 0.29) is 17.3 Å². The Labute approximate surface area is 105 Å². The normalized spacial score (nSPS) is 17.7. The Morgan fingerprint density at radius 1 is 1.28 bits per heavy atom. The van der Waals surface area contributed by atoms with Gasteiger partial charge >= 0.3 is 0 Å². The highest BCUT2D eigenvalue weighted by Gasteiger charge is 2.18. The van der Waals surface area contributed by atoms with Crippen molar-refractivity contribution in [1.82, 2.24) is 0 Å². The van der Waals surface area contributed by atoms with Crippen molar-refractivity contribution in [2.75, 3.05) is 13.2 Å². The van der Waals surface area contributed by atoms with Crippen molar-refractivity contribution in [3.8, 4) is 0 Å². The summed E-state index contributed by atoms with van der Waals surface area (Å²) in [6.45, 7) is 1.14. The van der Waals surface area contributed by atoms with E-state index >= 15 is 0 Å². The molecule has 0 aromatic heterocycles. The molecule has 2 rings (SSSR count). The highest BCUT2D eigenvalue weighted by molar-refractivity contribution is 5.91. The molecule has 0 bridgehead atoms. The fourth-order valence-electron chi connectivity index (χ4n) is 2.09. The van der Waals surface area contributed by atoms with Crippen molar-refractivity contribution in [2.45, 2.75) is 12.8 Å². The molecule has 0 unspecified atom stereocenters. The molecule has 1 aliphatic heterocycles. The summed E-state index contributed by atoms with van der Waals surface area (Å²) in [5.74, 6) is -1.55. The number of ether oxygens (including phenoxy) is 1. The standard InChI is InChI=1S/C14H15FO3/c15-12-3-1-10(2-4-12)9-13(14(16)17)11-5-7-18-8-6-11/h1-4,9,11H,5-8H2,(H,16,17)/p-1/b13-9+. The first-order valence-electron chi connectivity index (χ1n) is 5.93. The van der Waals surface area contributed by atoms with Crippen LogP contribution in [-0.4, -0.2) is 19.2 Å². The maximum absolute atomic E-state index is 12.8. The molecule has 1 aromatic rings. The second kappa shape index (κ2) is 5.78. The number of carboxylic acid groups (broad SMARTS) is 1. The largest absolute Gasteiger partial charge is 0.545 e. The van der Waals surface area contributed by atoms with Crippen molar-refractivity contribution in [3.05, 3.63) is 41.2 Å². The second-order valence-corrected chi connectivity index (χ2v) is 4.33. The fraction of sp³-hybridized carbons (Fsp3) is 0.357. The summed E-state index contributed by atoms with van der Waals surface area (Å²) in [5, 5.41) is 11.2. The van der Waals surface area contributed by atoms with Crippen LogP contribution in [0.5, 0.6) is 0 Å². The number of aliphatic carboxylic acids is 1. The van der Waals surface area contributed by atoms with E-state index in [4.69, 9.17) is 4.74 Å². The average molecular weight is 249 g/mol. The first-order valence-corrected chi connectivity index (χ1v) is 5.93. The maximum Gasteiger partial charge on any atom is 0.123 e. The number of benzene rings is 1. The lowest BCUT2D eigenvalue weighted by atomic mass is 9.90. The minimum atomic E-state index is -1.16. The summed E-state index contributed by atoms with van der Waals surface area (Å²) >= 11 is 0. The van der Waals surface area contributed by atoms with Gasteiger partial charge in [0.1, 0.15) is 5.82 Å². The van der Waals surface area contributed by atoms with Crippen LogP contribution in [0.3, 0.4) is 0 Å². The molecule has 0 atom stereocenters. The zero-order valence-electron chi connectivity index (χ0n) is 9.90. The van der Waals surface area contributed by atoms with Gasteiger partial charge in [-0.25, -0.2) is 4.39 Å². The van der Waals surface area contributed by atoms with Gasteiger partial charge in [-0.2, -0.15) is 0 Å². The summed E-state index contributed by atoms with van der Waals surface area (Å²) in [4.78, 5) is 11.2. The first-order chi connectivity index (χ1) is 8.66. The predicted octanol–water partition coefficient (Wildman–Crippen LogP) is 1.39. The molecule has 0 N–H and O–H groups in total. The maximum atomic E-state index is 12.8. The Morgan fingerprint density at radius 2 is 1.89 bits per heavy atom. The zero-order valence-corrected chi connectivity index (χ0v) is 9.90. The molecule has 0 spiro atoms. The van der Waals surface area contributed by atoms with E-state index in [9.17, 15) is 14.3 Å². The summed E-state index contributed by atoms with van der Waals surface area (Å²) < 4.78 is 18.0. The predicted molar refractivity (Wildman–Crippen MR) is 62.9 cm³/mol. The molecule has 1 fully saturated rings. The Hall–Kier alpha value is -1.68. The topological polar surface area (TPSA) is 49.4 Å². The molecular weight excluding hydrogens is 235 g/mol. The molecular formula is C14H14FO3-. The van der Waals surface area contributed by atoms with E-state index in [1.165, 1.54) is 12.1 Å². The molecule has 18 heavy (non-hydrogen) atoms. The van der Waals surface area contributed by atoms with Crippen LogP contribution in [0.15, 0.2) is 29.8 Å². The van der Waals surface area contributed by atoms with Gasteiger partial charge < -0.3 is 14.6 Å². The van der Waals surface area contributed by atoms with E-state index in [0.29, 0.717) is 31.6 Å². The van der Waals surface area contributed by atoms with E-state index < -0.39 is 5.97 Å². The molecule has 0 aliphatic carbocycles. The third-order valence-electron chi connectivity index (χ3n) is 3.09. The summed E-state index contributed by atoms with van der Waals surface area (Å²) in [6.07, 6.45) is 2.92. The van der Waals surface area contributed by atoms with E-state index in [2.05, 4.69) is 0 Å². The van der Waals surface area contributed by atoms with Crippen molar-refractivity contribution < 1.29 is 19.0 Å². The number of carbonyl (C=O) groups excluding carboxylic acids is 1. The molecule has 1 heterocycles. The minimum Gasteiger partial charge on any atom is -0.545 e. The lowest BCUT2D eigenvalue weighted by Gasteiger charge is -2.25. The first kappa shape index (κ1) is 12.8. The van der Waals surface area contributed by atoms with E-state index in [1.54, 1.807) is 18.2 Å². The third-order valence-corrected chi connectivity index (χ3v) is 3.09. The van der Waals surface area contributed by atoms with Crippen LogP contribution < -0.4 is 5.11 Å². The highest BCUT2D eigenvalue weighted by atomic mass is 19.1. The zero-order chi connectivity index (χ0) is 13.0. The minimum absolute atomic E-state index is 0.0474. The third kappa shape index (κ3) is 3.17. The van der Waals surface area contributed by atoms with Crippen LogP contribution in [0.1, 0.15) is 18.4 Å². The van der Waals surface area contributed by atoms with Crippen LogP contribution in [-0.2, 0) is 9.53 Å². The van der Waals surface area contributed by atoms with Gasteiger partial charge in [0.2, 0.25) is 0 Å². The van der Waals surface area contributed by atoms with Crippen LogP contribution in [0.25, 0.3) is 6.08 Å². The summed E-state index contributed by atoms with van der Waals surface area (Å²) in [5.41, 5.74) is 0.937. The molecule has 0 amide bonds. The van der Waals surface area contributed by atoms with Gasteiger partial charge in [0.25, 0.3) is 0 Å². The van der Waals surface area contributed by atoms with Gasteiger partial charge in [-0.1, -0.05) is 12.1 Å². The highest BCUT2D eigenvalue weighted by Crippen LogP contribution is 2.25. The van der Waals surface area contributed by atoms with Crippen molar-refractivity contribution in [2.24, 2.45) is 5.92 Å². The Bertz CT molecular complexity index is 445. The number of carboxylic acids is 1. The molecule has 1 aliphatic rings. The molecule has 0 saturated carbocycles. The molecule has 96 valence electrons. The van der Waals surface area contributed by atoms with E-state index in [0.717, 1.165) is 0 Å². The van der Waals surface area contributed by atoms with Gasteiger partial charge in [-0.3, -0.25) is 0 Å². The molecule has 3 nitrogen and oxygen atoms in total. The Morgan fingerprint density at radius 3 is 2.44 bits per heavy atom. The molecule has 0 radical (unpaired) electrons. The number of hydrogen-bond acceptors (Lipinski definition) is 3. The lowest BCUT2D eigenvalue weighted by molar-refractivity contribution is -0.300. The smallest absolute Gasteiger partial charge is 0.123 e. The van der Waals surface area contributed by atoms with Gasteiger partial charge in [0.15, 0.2) is 0 Å². The van der Waals surface area contributed by atoms with Gasteiger partial charge in [0.05, 0.1) is 5.97 Å². The fourth-order valence-corrected chi connectivity index (χ4v) is 2.09. The van der Waals surface area contributed by atoms with Gasteiger partial charge in [-0.05, 0) is 48.1 Å². The average Bonchev–Trinajstić information content (AvgIpc) is 2.38. The summed E-state index contributed by atoms with van der Waals surface area (Å²) in [7, 11) is 0. The van der Waals surface area contributed by atoms with E-state index in [1.807, 2.05) is 0 Å². The van der Waals surface area contributed by atoms with Gasteiger partial charge in [0, 0.05) is 13.2 Å². The van der Waals surface area contributed by atoms with Crippen molar-refractivity contribution >= 4 is 12.0 Å². The number of hydrogen-bond donors (Lipinski definition) is 0. The molecule has 1 saturated heterocycles. The Balaban J connectivity index is 2.23. The quantitative estimate of drug-likeness (QED) is 0.760. The Kier molecular flexibility index (Phi) is 4.10. The second-order valence-electron chi connectivity index (χ2n) is 4.33. The van der Waals surface area contributed by atoms with Crippen molar-refractivity contribution in [1.29, 1.82) is 0 Å². The van der Waals surface area contributed by atoms with Gasteiger partial charge in [-0.15, -0.1) is 0 Å². The summed E-state index contributed by atoms with van der Waals surface area (Å²) in [6, 6.07) is 5.72. The molecule has 1 aromatic carbocycles. The van der Waals surface area contributed by atoms with Crippen LogP contribution in [0.2, 0.25) is 0 Å². The van der Waals surface area contributed by atoms with Crippen molar-refractivity contribution in [3.63, 3.8) is 0 Å². The van der Waals surface area contributed by atoms with Crippen LogP contribution in [0, 0.1) is 11.7 Å².